The van der Waals surface area contributed by atoms with Crippen LogP contribution in [0.2, 0.25) is 0 Å². The van der Waals surface area contributed by atoms with Crippen molar-refractivity contribution in [3.05, 3.63) is 32.4 Å². The van der Waals surface area contributed by atoms with Gasteiger partial charge in [0.25, 0.3) is 5.91 Å². The smallest absolute Gasteiger partial charge is 0.346 e. The van der Waals surface area contributed by atoms with E-state index in [4.69, 9.17) is 4.74 Å². The lowest BCUT2D eigenvalue weighted by Gasteiger charge is -2.33. The van der Waals surface area contributed by atoms with Crippen LogP contribution in [-0.4, -0.2) is 48.8 Å². The van der Waals surface area contributed by atoms with Gasteiger partial charge in [0.15, 0.2) is 5.82 Å². The van der Waals surface area contributed by atoms with Crippen LogP contribution in [0.3, 0.4) is 0 Å². The highest BCUT2D eigenvalue weighted by Gasteiger charge is 2.45. The molecule has 0 radical (unpaired) electrons. The molecule has 1 atom stereocenters. The van der Waals surface area contributed by atoms with E-state index in [1.165, 1.54) is 30.6 Å². The average molecular weight is 389 g/mol. The lowest BCUT2D eigenvalue weighted by molar-refractivity contribution is -0.0816. The summed E-state index contributed by atoms with van der Waals surface area (Å²) < 4.78 is 9.52. The van der Waals surface area contributed by atoms with E-state index < -0.39 is 5.60 Å². The molecule has 1 saturated heterocycles. The fraction of sp³-hybridized carbons (Fsp3) is 0.667. The topological polar surface area (TPSA) is 82.3 Å². The third-order valence-electron chi connectivity index (χ3n) is 6.15. The summed E-state index contributed by atoms with van der Waals surface area (Å²) in [6.45, 7) is 4.50. The largest absolute Gasteiger partial charge is 0.363 e. The van der Waals surface area contributed by atoms with E-state index in [9.17, 15) is 9.59 Å². The summed E-state index contributed by atoms with van der Waals surface area (Å²) in [6.07, 6.45) is 4.35. The quantitative estimate of drug-likeness (QED) is 0.793. The standard InChI is InChI=1S/C18H23N5O3S/c1-12-15(27-11-19-12)16(24)21-6-5-18(9-21)10-22-14(8-26-18)20-23(17(22)25)7-13-3-2-4-13/h11,13H,2-10H2,1H3. The molecule has 0 N–H and O–H groups in total. The third-order valence-corrected chi connectivity index (χ3v) is 7.07. The summed E-state index contributed by atoms with van der Waals surface area (Å²) in [6, 6.07) is 0. The molecule has 3 aliphatic rings. The van der Waals surface area contributed by atoms with Gasteiger partial charge < -0.3 is 9.64 Å². The molecule has 1 unspecified atom stereocenters. The fourth-order valence-electron chi connectivity index (χ4n) is 4.26. The first-order valence-corrected chi connectivity index (χ1v) is 10.4. The van der Waals surface area contributed by atoms with E-state index in [1.54, 1.807) is 14.8 Å². The maximum Gasteiger partial charge on any atom is 0.346 e. The third kappa shape index (κ3) is 2.84. The number of carbonyl (C=O) groups is 1. The van der Waals surface area contributed by atoms with Crippen molar-refractivity contribution in [2.24, 2.45) is 5.92 Å². The Kier molecular flexibility index (Phi) is 3.98. The molecule has 4 heterocycles. The number of rotatable bonds is 3. The lowest BCUT2D eigenvalue weighted by atomic mass is 9.85. The van der Waals surface area contributed by atoms with Crippen molar-refractivity contribution in [1.29, 1.82) is 0 Å². The molecular formula is C18H23N5O3S. The molecule has 2 aromatic rings. The minimum Gasteiger partial charge on any atom is -0.363 e. The number of likely N-dealkylation sites (tertiary alicyclic amines) is 1. The number of ether oxygens (including phenoxy) is 1. The van der Waals surface area contributed by atoms with E-state index in [1.807, 2.05) is 11.8 Å². The Bertz CT molecular complexity index is 943. The van der Waals surface area contributed by atoms with Crippen molar-refractivity contribution in [2.45, 2.75) is 57.9 Å². The number of fused-ring (bicyclic) bond motifs is 1. The Morgan fingerprint density at radius 1 is 1.41 bits per heavy atom. The summed E-state index contributed by atoms with van der Waals surface area (Å²) in [4.78, 5) is 32.3. The van der Waals surface area contributed by atoms with Gasteiger partial charge in [0.2, 0.25) is 0 Å². The Labute approximate surface area is 160 Å². The maximum atomic E-state index is 12.8. The Morgan fingerprint density at radius 3 is 2.96 bits per heavy atom. The van der Waals surface area contributed by atoms with Crippen LogP contribution in [0.25, 0.3) is 0 Å². The van der Waals surface area contributed by atoms with Crippen LogP contribution in [0.4, 0.5) is 0 Å². The summed E-state index contributed by atoms with van der Waals surface area (Å²) >= 11 is 1.38. The van der Waals surface area contributed by atoms with Crippen LogP contribution in [-0.2, 0) is 24.4 Å². The molecule has 5 rings (SSSR count). The molecule has 1 spiro atoms. The van der Waals surface area contributed by atoms with Gasteiger partial charge in [-0.3, -0.25) is 9.36 Å². The predicted octanol–water partition coefficient (Wildman–Crippen LogP) is 1.42. The number of carbonyl (C=O) groups excluding carboxylic acids is 1. The molecule has 1 saturated carbocycles. The number of aryl methyl sites for hydroxylation is 1. The molecule has 0 bridgehead atoms. The summed E-state index contributed by atoms with van der Waals surface area (Å²) in [5.74, 6) is 1.29. The van der Waals surface area contributed by atoms with Crippen LogP contribution in [0.15, 0.2) is 10.3 Å². The predicted molar refractivity (Wildman–Crippen MR) is 98.7 cm³/mol. The van der Waals surface area contributed by atoms with Crippen molar-refractivity contribution in [3.8, 4) is 0 Å². The van der Waals surface area contributed by atoms with Crippen molar-refractivity contribution in [2.75, 3.05) is 13.1 Å². The SMILES string of the molecule is Cc1ncsc1C(=O)N1CCC2(C1)Cn1c(nn(CC3CCC3)c1=O)CO2. The van der Waals surface area contributed by atoms with Crippen molar-refractivity contribution in [3.63, 3.8) is 0 Å². The van der Waals surface area contributed by atoms with Crippen molar-refractivity contribution < 1.29 is 9.53 Å². The normalized spacial score (nSPS) is 25.0. The molecule has 0 aromatic carbocycles. The zero-order valence-corrected chi connectivity index (χ0v) is 16.2. The van der Waals surface area contributed by atoms with Gasteiger partial charge >= 0.3 is 5.69 Å². The average Bonchev–Trinajstić information content (AvgIpc) is 3.31. The maximum absolute atomic E-state index is 12.8. The number of nitrogens with zero attached hydrogens (tertiary/aromatic N) is 5. The lowest BCUT2D eigenvalue weighted by Crippen LogP contribution is -2.47. The van der Waals surface area contributed by atoms with E-state index >= 15 is 0 Å². The number of thiazole rings is 1. The van der Waals surface area contributed by atoms with Gasteiger partial charge in [0.05, 0.1) is 24.3 Å². The highest BCUT2D eigenvalue weighted by Crippen LogP contribution is 2.33. The Balaban J connectivity index is 1.34. The molecule has 9 heteroatoms. The molecule has 144 valence electrons. The van der Waals surface area contributed by atoms with E-state index in [2.05, 4.69) is 10.1 Å². The number of hydrogen-bond donors (Lipinski definition) is 0. The second kappa shape index (κ2) is 6.27. The second-order valence-electron chi connectivity index (χ2n) is 7.98. The van der Waals surface area contributed by atoms with Gasteiger partial charge in [-0.2, -0.15) is 5.10 Å². The number of amides is 1. The molecule has 2 aromatic heterocycles. The number of hydrogen-bond acceptors (Lipinski definition) is 6. The van der Waals surface area contributed by atoms with Gasteiger partial charge in [-0.15, -0.1) is 11.3 Å². The van der Waals surface area contributed by atoms with Crippen LogP contribution >= 0.6 is 11.3 Å². The Morgan fingerprint density at radius 2 is 2.26 bits per heavy atom. The monoisotopic (exact) mass is 389 g/mol. The van der Waals surface area contributed by atoms with Crippen LogP contribution < -0.4 is 5.69 Å². The van der Waals surface area contributed by atoms with E-state index in [0.29, 0.717) is 49.4 Å². The molecule has 8 nitrogen and oxygen atoms in total. The van der Waals surface area contributed by atoms with Crippen LogP contribution in [0.5, 0.6) is 0 Å². The van der Waals surface area contributed by atoms with Gasteiger partial charge in [0, 0.05) is 13.1 Å². The van der Waals surface area contributed by atoms with Gasteiger partial charge in [-0.25, -0.2) is 14.5 Å². The van der Waals surface area contributed by atoms with Gasteiger partial charge in [-0.05, 0) is 32.1 Å². The minimum absolute atomic E-state index is 0.00861. The Hall–Kier alpha value is -2.00. The molecule has 27 heavy (non-hydrogen) atoms. The van der Waals surface area contributed by atoms with E-state index in [-0.39, 0.29) is 11.6 Å². The van der Waals surface area contributed by atoms with Crippen LogP contribution in [0, 0.1) is 12.8 Å². The van der Waals surface area contributed by atoms with Crippen molar-refractivity contribution in [1.82, 2.24) is 24.2 Å². The summed E-state index contributed by atoms with van der Waals surface area (Å²) in [5, 5.41) is 4.49. The highest BCUT2D eigenvalue weighted by atomic mass is 32.1. The van der Waals surface area contributed by atoms with E-state index in [0.717, 1.165) is 12.1 Å². The molecule has 2 aliphatic heterocycles. The van der Waals surface area contributed by atoms with Crippen molar-refractivity contribution >= 4 is 17.2 Å². The first kappa shape index (κ1) is 17.1. The fourth-order valence-corrected chi connectivity index (χ4v) is 5.03. The van der Waals surface area contributed by atoms with Crippen LogP contribution in [0.1, 0.15) is 46.9 Å². The zero-order valence-electron chi connectivity index (χ0n) is 15.4. The second-order valence-corrected chi connectivity index (χ2v) is 8.83. The van der Waals surface area contributed by atoms with Gasteiger partial charge in [0.1, 0.15) is 17.1 Å². The van der Waals surface area contributed by atoms with Gasteiger partial charge in [-0.1, -0.05) is 6.42 Å². The molecule has 2 fully saturated rings. The summed E-state index contributed by atoms with van der Waals surface area (Å²) in [5.41, 5.74) is 1.94. The molecular weight excluding hydrogens is 366 g/mol. The highest BCUT2D eigenvalue weighted by molar-refractivity contribution is 7.11. The summed E-state index contributed by atoms with van der Waals surface area (Å²) in [7, 11) is 0. The first-order chi connectivity index (χ1) is 13.0. The molecule has 1 aliphatic carbocycles. The number of aromatic nitrogens is 4. The molecule has 1 amide bonds. The first-order valence-electron chi connectivity index (χ1n) is 9.54. The minimum atomic E-state index is -0.491. The zero-order chi connectivity index (χ0) is 18.6.